The molecule has 4 rings (SSSR count). The molecule has 1 fully saturated rings. The molecule has 1 N–H and O–H groups in total. The molecule has 3 aromatic rings. The first kappa shape index (κ1) is 12.9. The van der Waals surface area contributed by atoms with Crippen LogP contribution in [0.15, 0.2) is 21.0 Å². The largest absolute Gasteiger partial charge is 0.461 e. The number of ether oxygens (including phenoxy) is 1. The summed E-state index contributed by atoms with van der Waals surface area (Å²) in [5.74, 6) is 1.84. The zero-order chi connectivity index (χ0) is 14.6. The summed E-state index contributed by atoms with van der Waals surface area (Å²) in [6.07, 6.45) is 0.00639. The number of rotatable bonds is 1. The van der Waals surface area contributed by atoms with E-state index in [9.17, 15) is 0 Å². The van der Waals surface area contributed by atoms with E-state index in [1.807, 2.05) is 13.8 Å². The molecule has 1 aliphatic rings. The van der Waals surface area contributed by atoms with Crippen molar-refractivity contribution in [1.29, 1.82) is 0 Å². The van der Waals surface area contributed by atoms with Crippen LogP contribution in [0.4, 0.5) is 0 Å². The van der Waals surface area contributed by atoms with Gasteiger partial charge in [-0.05, 0) is 32.9 Å². The van der Waals surface area contributed by atoms with Gasteiger partial charge < -0.3 is 18.9 Å². The number of aryl methyl sites for hydroxylation is 3. The second-order valence-corrected chi connectivity index (χ2v) is 5.80. The minimum atomic E-state index is 0.00639. The van der Waals surface area contributed by atoms with Gasteiger partial charge >= 0.3 is 0 Å². The van der Waals surface area contributed by atoms with Gasteiger partial charge in [0.2, 0.25) is 0 Å². The van der Waals surface area contributed by atoms with Crippen LogP contribution >= 0.6 is 0 Å². The van der Waals surface area contributed by atoms with Crippen LogP contribution in [-0.2, 0) is 4.74 Å². The van der Waals surface area contributed by atoms with Crippen LogP contribution in [0.5, 0.6) is 0 Å². The molecule has 3 heterocycles. The molecule has 0 amide bonds. The Morgan fingerprint density at radius 2 is 1.71 bits per heavy atom. The number of hydrogen-bond acceptors (Lipinski definition) is 4. The van der Waals surface area contributed by atoms with Crippen molar-refractivity contribution in [2.75, 3.05) is 19.7 Å². The van der Waals surface area contributed by atoms with Crippen molar-refractivity contribution in [2.45, 2.75) is 26.9 Å². The minimum Gasteiger partial charge on any atom is -0.461 e. The number of nitrogens with one attached hydrogen (secondary N) is 1. The Balaban J connectivity index is 2.09. The molecule has 4 heteroatoms. The fourth-order valence-corrected chi connectivity index (χ4v) is 3.30. The molecule has 1 saturated heterocycles. The van der Waals surface area contributed by atoms with E-state index in [1.54, 1.807) is 0 Å². The van der Waals surface area contributed by atoms with Gasteiger partial charge in [-0.3, -0.25) is 0 Å². The van der Waals surface area contributed by atoms with Crippen molar-refractivity contribution in [3.8, 4) is 0 Å². The lowest BCUT2D eigenvalue weighted by atomic mass is 9.97. The lowest BCUT2D eigenvalue weighted by molar-refractivity contribution is 0.0289. The summed E-state index contributed by atoms with van der Waals surface area (Å²) in [5, 5.41) is 5.63. The molecule has 2 aromatic heterocycles. The summed E-state index contributed by atoms with van der Waals surface area (Å²) in [5.41, 5.74) is 4.14. The molecule has 0 bridgehead atoms. The van der Waals surface area contributed by atoms with E-state index in [0.717, 1.165) is 64.3 Å². The Labute approximate surface area is 123 Å². The maximum atomic E-state index is 6.00. The molecule has 0 saturated carbocycles. The first-order valence-electron chi connectivity index (χ1n) is 7.40. The predicted molar refractivity (Wildman–Crippen MR) is 81.8 cm³/mol. The Kier molecular flexibility index (Phi) is 2.84. The van der Waals surface area contributed by atoms with Crippen LogP contribution in [-0.4, -0.2) is 19.7 Å². The first-order valence-corrected chi connectivity index (χ1v) is 7.40. The SMILES string of the molecule is Cc1cc2c(C3CNCCO3)c3oc(C)cc3c(C)c2o1. The highest BCUT2D eigenvalue weighted by Crippen LogP contribution is 2.40. The van der Waals surface area contributed by atoms with Crippen molar-refractivity contribution in [2.24, 2.45) is 0 Å². The van der Waals surface area contributed by atoms with E-state index < -0.39 is 0 Å². The van der Waals surface area contributed by atoms with E-state index in [1.165, 1.54) is 0 Å². The van der Waals surface area contributed by atoms with Gasteiger partial charge in [-0.1, -0.05) is 0 Å². The normalized spacial score (nSPS) is 19.7. The van der Waals surface area contributed by atoms with E-state index >= 15 is 0 Å². The number of benzene rings is 1. The van der Waals surface area contributed by atoms with Gasteiger partial charge in [0.15, 0.2) is 0 Å². The van der Waals surface area contributed by atoms with E-state index in [2.05, 4.69) is 24.4 Å². The Morgan fingerprint density at radius 3 is 2.43 bits per heavy atom. The third-order valence-electron chi connectivity index (χ3n) is 4.24. The van der Waals surface area contributed by atoms with Crippen LogP contribution in [0.2, 0.25) is 0 Å². The predicted octanol–water partition coefficient (Wildman–Crippen LogP) is 3.77. The zero-order valence-electron chi connectivity index (χ0n) is 12.6. The standard InChI is InChI=1S/C17H19NO3/c1-9-6-12-11(3)16-13(7-10(2)20-16)15(17(12)21-9)14-8-18-4-5-19-14/h6-7,14,18H,4-5,8H2,1-3H3. The van der Waals surface area contributed by atoms with Gasteiger partial charge in [0.25, 0.3) is 0 Å². The highest BCUT2D eigenvalue weighted by Gasteiger charge is 2.26. The summed E-state index contributed by atoms with van der Waals surface area (Å²) >= 11 is 0. The quantitative estimate of drug-likeness (QED) is 0.739. The number of fused-ring (bicyclic) bond motifs is 2. The van der Waals surface area contributed by atoms with Crippen molar-refractivity contribution >= 4 is 21.9 Å². The van der Waals surface area contributed by atoms with Gasteiger partial charge in [-0.15, -0.1) is 0 Å². The summed E-state index contributed by atoms with van der Waals surface area (Å²) in [6.45, 7) is 8.48. The van der Waals surface area contributed by atoms with Crippen molar-refractivity contribution in [3.63, 3.8) is 0 Å². The molecule has 1 aliphatic heterocycles. The summed E-state index contributed by atoms with van der Waals surface area (Å²) in [7, 11) is 0. The van der Waals surface area contributed by atoms with Gasteiger partial charge in [0.1, 0.15) is 22.7 Å². The topological polar surface area (TPSA) is 47.5 Å². The van der Waals surface area contributed by atoms with E-state index in [0.29, 0.717) is 0 Å². The van der Waals surface area contributed by atoms with Gasteiger partial charge in [0.05, 0.1) is 12.7 Å². The average Bonchev–Trinajstić information content (AvgIpc) is 3.03. The molecular formula is C17H19NO3. The van der Waals surface area contributed by atoms with E-state index in [4.69, 9.17) is 13.6 Å². The van der Waals surface area contributed by atoms with Crippen molar-refractivity contribution < 1.29 is 13.6 Å². The van der Waals surface area contributed by atoms with Crippen molar-refractivity contribution in [1.82, 2.24) is 5.32 Å². The van der Waals surface area contributed by atoms with Crippen LogP contribution in [0.3, 0.4) is 0 Å². The van der Waals surface area contributed by atoms with Crippen LogP contribution in [0.25, 0.3) is 21.9 Å². The smallest absolute Gasteiger partial charge is 0.141 e. The van der Waals surface area contributed by atoms with Gasteiger partial charge in [-0.2, -0.15) is 0 Å². The molecule has 110 valence electrons. The molecule has 1 atom stereocenters. The zero-order valence-corrected chi connectivity index (χ0v) is 12.6. The maximum Gasteiger partial charge on any atom is 0.141 e. The summed E-state index contributed by atoms with van der Waals surface area (Å²) in [6, 6.07) is 4.18. The molecular weight excluding hydrogens is 266 g/mol. The highest BCUT2D eigenvalue weighted by molar-refractivity contribution is 6.02. The van der Waals surface area contributed by atoms with Crippen molar-refractivity contribution in [3.05, 3.63) is 34.8 Å². The lowest BCUT2D eigenvalue weighted by Crippen LogP contribution is -2.33. The summed E-state index contributed by atoms with van der Waals surface area (Å²) < 4.78 is 17.9. The molecule has 0 spiro atoms. The van der Waals surface area contributed by atoms with Gasteiger partial charge in [-0.25, -0.2) is 0 Å². The Bertz CT molecular complexity index is 764. The second-order valence-electron chi connectivity index (χ2n) is 5.80. The fraction of sp³-hybridized carbons (Fsp3) is 0.412. The third kappa shape index (κ3) is 1.90. The fourth-order valence-electron chi connectivity index (χ4n) is 3.30. The summed E-state index contributed by atoms with van der Waals surface area (Å²) in [4.78, 5) is 0. The molecule has 1 unspecified atom stereocenters. The Hall–Kier alpha value is -1.78. The third-order valence-corrected chi connectivity index (χ3v) is 4.24. The van der Waals surface area contributed by atoms with Gasteiger partial charge in [0, 0.05) is 35.0 Å². The molecule has 0 aliphatic carbocycles. The number of morpholine rings is 1. The monoisotopic (exact) mass is 285 g/mol. The van der Waals surface area contributed by atoms with Crippen LogP contribution in [0.1, 0.15) is 28.8 Å². The molecule has 21 heavy (non-hydrogen) atoms. The first-order chi connectivity index (χ1) is 10.1. The molecule has 4 nitrogen and oxygen atoms in total. The highest BCUT2D eigenvalue weighted by atomic mass is 16.5. The van der Waals surface area contributed by atoms with Crippen LogP contribution < -0.4 is 5.32 Å². The van der Waals surface area contributed by atoms with Crippen LogP contribution in [0, 0.1) is 20.8 Å². The number of hydrogen-bond donors (Lipinski definition) is 1. The average molecular weight is 285 g/mol. The second kappa shape index (κ2) is 4.61. The lowest BCUT2D eigenvalue weighted by Gasteiger charge is -2.24. The molecule has 1 aromatic carbocycles. The molecule has 0 radical (unpaired) electrons. The number of furan rings is 2. The maximum absolute atomic E-state index is 6.00. The van der Waals surface area contributed by atoms with E-state index in [-0.39, 0.29) is 6.10 Å². The Morgan fingerprint density at radius 1 is 1.00 bits per heavy atom. The minimum absolute atomic E-state index is 0.00639.